The van der Waals surface area contributed by atoms with E-state index in [0.29, 0.717) is 16.8 Å². The first-order valence-corrected chi connectivity index (χ1v) is 7.93. The lowest BCUT2D eigenvalue weighted by atomic mass is 10.2. The van der Waals surface area contributed by atoms with E-state index in [2.05, 4.69) is 20.6 Å². The van der Waals surface area contributed by atoms with E-state index in [4.69, 9.17) is 11.6 Å². The molecule has 132 valence electrons. The van der Waals surface area contributed by atoms with Crippen molar-refractivity contribution in [3.05, 3.63) is 76.6 Å². The molecule has 0 unspecified atom stereocenters. The van der Waals surface area contributed by atoms with Crippen molar-refractivity contribution >= 4 is 34.8 Å². The minimum absolute atomic E-state index is 0.0180. The van der Waals surface area contributed by atoms with Crippen LogP contribution >= 0.6 is 11.6 Å². The molecule has 2 N–H and O–H groups in total. The smallest absolute Gasteiger partial charge is 0.274 e. The molecule has 0 aliphatic heterocycles. The second-order valence-electron chi connectivity index (χ2n) is 5.43. The van der Waals surface area contributed by atoms with Gasteiger partial charge in [0, 0.05) is 23.0 Å². The van der Waals surface area contributed by atoms with E-state index in [9.17, 15) is 13.6 Å². The zero-order chi connectivity index (χ0) is 18.7. The number of halogens is 3. The monoisotopic (exact) mass is 374 g/mol. The van der Waals surface area contributed by atoms with Crippen LogP contribution in [0, 0.1) is 18.6 Å². The van der Waals surface area contributed by atoms with Crippen LogP contribution in [0.3, 0.4) is 0 Å². The summed E-state index contributed by atoms with van der Waals surface area (Å²) in [5, 5.41) is 5.86. The molecule has 0 atom stereocenters. The molecule has 0 aliphatic rings. The molecule has 1 heterocycles. The van der Waals surface area contributed by atoms with Crippen LogP contribution in [0.25, 0.3) is 0 Å². The van der Waals surface area contributed by atoms with E-state index in [1.807, 2.05) is 13.0 Å². The van der Waals surface area contributed by atoms with Gasteiger partial charge in [0.1, 0.15) is 17.3 Å². The van der Waals surface area contributed by atoms with E-state index in [1.165, 1.54) is 12.3 Å². The van der Waals surface area contributed by atoms with Crippen molar-refractivity contribution in [3.63, 3.8) is 0 Å². The Kier molecular flexibility index (Phi) is 5.09. The Bertz CT molecular complexity index is 981. The van der Waals surface area contributed by atoms with Crippen LogP contribution in [-0.2, 0) is 0 Å². The minimum atomic E-state index is -0.875. The van der Waals surface area contributed by atoms with E-state index in [1.54, 1.807) is 12.1 Å². The van der Waals surface area contributed by atoms with Crippen molar-refractivity contribution in [2.75, 3.05) is 10.6 Å². The van der Waals surface area contributed by atoms with E-state index in [-0.39, 0.29) is 17.3 Å². The number of hydrogen-bond acceptors (Lipinski definition) is 4. The number of nitrogens with zero attached hydrogens (tertiary/aromatic N) is 2. The maximum Gasteiger partial charge on any atom is 0.274 e. The molecule has 8 heteroatoms. The van der Waals surface area contributed by atoms with Gasteiger partial charge in [0.05, 0.1) is 5.69 Å². The molecule has 0 fully saturated rings. The summed E-state index contributed by atoms with van der Waals surface area (Å²) in [5.74, 6) is -2.08. The van der Waals surface area contributed by atoms with Gasteiger partial charge in [0.25, 0.3) is 5.91 Å². The Balaban J connectivity index is 1.77. The highest BCUT2D eigenvalue weighted by Gasteiger charge is 2.12. The van der Waals surface area contributed by atoms with E-state index < -0.39 is 17.5 Å². The van der Waals surface area contributed by atoms with Crippen LogP contribution in [0.15, 0.2) is 48.7 Å². The fourth-order valence-corrected chi connectivity index (χ4v) is 2.30. The van der Waals surface area contributed by atoms with Crippen molar-refractivity contribution in [3.8, 4) is 0 Å². The normalized spacial score (nSPS) is 10.5. The van der Waals surface area contributed by atoms with Crippen molar-refractivity contribution in [1.29, 1.82) is 0 Å². The molecule has 0 saturated carbocycles. The standard InChI is InChI=1S/C18H13ClF2N4O/c1-10-2-4-12(9-13(10)19)23-18-22-7-6-16(25-18)17(26)24-15-5-3-11(20)8-14(15)21/h2-9H,1H3,(H,24,26)(H,22,23,25). The fraction of sp³-hybridized carbons (Fsp3) is 0.0556. The summed E-state index contributed by atoms with van der Waals surface area (Å²) in [7, 11) is 0. The topological polar surface area (TPSA) is 66.9 Å². The Morgan fingerprint density at radius 3 is 2.65 bits per heavy atom. The van der Waals surface area contributed by atoms with Gasteiger partial charge in [0.15, 0.2) is 0 Å². The van der Waals surface area contributed by atoms with Gasteiger partial charge in [-0.25, -0.2) is 18.7 Å². The van der Waals surface area contributed by atoms with Gasteiger partial charge in [-0.05, 0) is 42.8 Å². The summed E-state index contributed by atoms with van der Waals surface area (Å²) in [5.41, 5.74) is 1.45. The molecule has 3 rings (SSSR count). The summed E-state index contributed by atoms with van der Waals surface area (Å²) in [6.07, 6.45) is 1.39. The fourth-order valence-electron chi connectivity index (χ4n) is 2.12. The van der Waals surface area contributed by atoms with Gasteiger partial charge >= 0.3 is 0 Å². The number of aryl methyl sites for hydroxylation is 1. The Morgan fingerprint density at radius 2 is 1.92 bits per heavy atom. The van der Waals surface area contributed by atoms with Gasteiger partial charge in [-0.3, -0.25) is 4.79 Å². The maximum absolute atomic E-state index is 13.7. The Hall–Kier alpha value is -3.06. The number of amides is 1. The first-order valence-electron chi connectivity index (χ1n) is 7.55. The zero-order valence-electron chi connectivity index (χ0n) is 13.6. The second-order valence-corrected chi connectivity index (χ2v) is 5.84. The quantitative estimate of drug-likeness (QED) is 0.694. The van der Waals surface area contributed by atoms with Gasteiger partial charge in [-0.15, -0.1) is 0 Å². The first kappa shape index (κ1) is 17.8. The third-order valence-electron chi connectivity index (χ3n) is 3.50. The summed E-state index contributed by atoms with van der Waals surface area (Å²) < 4.78 is 26.6. The first-order chi connectivity index (χ1) is 12.4. The number of anilines is 3. The van der Waals surface area contributed by atoms with Gasteiger partial charge in [-0.1, -0.05) is 17.7 Å². The molecule has 5 nitrogen and oxygen atoms in total. The van der Waals surface area contributed by atoms with Crippen LogP contribution in [0.4, 0.5) is 26.1 Å². The molecule has 0 spiro atoms. The van der Waals surface area contributed by atoms with E-state index >= 15 is 0 Å². The van der Waals surface area contributed by atoms with Crippen LogP contribution in [0.2, 0.25) is 5.02 Å². The summed E-state index contributed by atoms with van der Waals surface area (Å²) in [4.78, 5) is 20.4. The number of aromatic nitrogens is 2. The number of carbonyl (C=O) groups is 1. The van der Waals surface area contributed by atoms with Crippen LogP contribution in [0.5, 0.6) is 0 Å². The van der Waals surface area contributed by atoms with E-state index in [0.717, 1.165) is 17.7 Å². The molecule has 0 saturated heterocycles. The number of benzene rings is 2. The van der Waals surface area contributed by atoms with Crippen LogP contribution in [0.1, 0.15) is 16.1 Å². The summed E-state index contributed by atoms with van der Waals surface area (Å²) in [6.45, 7) is 1.88. The lowest BCUT2D eigenvalue weighted by Crippen LogP contribution is -2.15. The number of hydrogen-bond donors (Lipinski definition) is 2. The van der Waals surface area contributed by atoms with Crippen LogP contribution in [-0.4, -0.2) is 15.9 Å². The lowest BCUT2D eigenvalue weighted by Gasteiger charge is -2.09. The molecule has 3 aromatic rings. The third-order valence-corrected chi connectivity index (χ3v) is 3.90. The van der Waals surface area contributed by atoms with Crippen molar-refractivity contribution in [2.45, 2.75) is 6.92 Å². The number of nitrogens with one attached hydrogen (secondary N) is 2. The average Bonchev–Trinajstić information content (AvgIpc) is 2.61. The molecule has 0 radical (unpaired) electrons. The SMILES string of the molecule is Cc1ccc(Nc2nccc(C(=O)Nc3ccc(F)cc3F)n2)cc1Cl. The van der Waals surface area contributed by atoms with Crippen molar-refractivity contribution in [1.82, 2.24) is 9.97 Å². The molecule has 2 aromatic carbocycles. The van der Waals surface area contributed by atoms with Crippen molar-refractivity contribution < 1.29 is 13.6 Å². The predicted octanol–water partition coefficient (Wildman–Crippen LogP) is 4.71. The van der Waals surface area contributed by atoms with Gasteiger partial charge in [-0.2, -0.15) is 0 Å². The minimum Gasteiger partial charge on any atom is -0.324 e. The zero-order valence-corrected chi connectivity index (χ0v) is 14.3. The van der Waals surface area contributed by atoms with Gasteiger partial charge in [0.2, 0.25) is 5.95 Å². The second kappa shape index (κ2) is 7.45. The Morgan fingerprint density at radius 1 is 1.12 bits per heavy atom. The number of rotatable bonds is 4. The molecule has 26 heavy (non-hydrogen) atoms. The highest BCUT2D eigenvalue weighted by molar-refractivity contribution is 6.31. The highest BCUT2D eigenvalue weighted by Crippen LogP contribution is 2.22. The Labute approximate surface area is 153 Å². The maximum atomic E-state index is 13.7. The molecular weight excluding hydrogens is 362 g/mol. The van der Waals surface area contributed by atoms with Crippen molar-refractivity contribution in [2.24, 2.45) is 0 Å². The van der Waals surface area contributed by atoms with Crippen LogP contribution < -0.4 is 10.6 Å². The molecular formula is C18H13ClF2N4O. The molecule has 0 aliphatic carbocycles. The van der Waals surface area contributed by atoms with Gasteiger partial charge < -0.3 is 10.6 Å². The highest BCUT2D eigenvalue weighted by atomic mass is 35.5. The number of carbonyl (C=O) groups excluding carboxylic acids is 1. The third kappa shape index (κ3) is 4.12. The summed E-state index contributed by atoms with van der Waals surface area (Å²) >= 11 is 6.07. The summed E-state index contributed by atoms with van der Waals surface area (Å²) in [6, 6.07) is 9.59. The molecule has 0 bridgehead atoms. The largest absolute Gasteiger partial charge is 0.324 e. The molecule has 1 aromatic heterocycles. The lowest BCUT2D eigenvalue weighted by molar-refractivity contribution is 0.102. The predicted molar refractivity (Wildman–Crippen MR) is 95.8 cm³/mol. The average molecular weight is 375 g/mol. The molecule has 1 amide bonds.